The second kappa shape index (κ2) is 7.87. The third-order valence-electron chi connectivity index (χ3n) is 5.25. The van der Waals surface area contributed by atoms with E-state index >= 15 is 0 Å². The lowest BCUT2D eigenvalue weighted by Crippen LogP contribution is -2.30. The Morgan fingerprint density at radius 1 is 1.36 bits per heavy atom. The number of fused-ring (bicyclic) bond motifs is 2. The molecule has 0 spiro atoms. The van der Waals surface area contributed by atoms with Crippen LogP contribution in [0.2, 0.25) is 0 Å². The molecule has 3 aromatic rings. The lowest BCUT2D eigenvalue weighted by atomic mass is 9.97. The lowest BCUT2D eigenvalue weighted by molar-refractivity contribution is -0.121. The smallest absolute Gasteiger partial charge is 0.299 e. The van der Waals surface area contributed by atoms with Crippen LogP contribution in [0.15, 0.2) is 22.5 Å². The van der Waals surface area contributed by atoms with Crippen LogP contribution in [-0.2, 0) is 17.8 Å². The number of hydrogen-bond donors (Lipinski definition) is 1. The zero-order valence-corrected chi connectivity index (χ0v) is 17.1. The molecule has 0 saturated carbocycles. The molecule has 1 aliphatic carbocycles. The Bertz CT molecular complexity index is 1120. The summed E-state index contributed by atoms with van der Waals surface area (Å²) in [6.07, 6.45) is 8.77. The van der Waals surface area contributed by atoms with Crippen LogP contribution in [-0.4, -0.2) is 31.6 Å². The van der Waals surface area contributed by atoms with Crippen LogP contribution in [0.1, 0.15) is 49.7 Å². The first-order valence-electron chi connectivity index (χ1n) is 9.90. The van der Waals surface area contributed by atoms with Crippen LogP contribution in [0.3, 0.4) is 0 Å². The summed E-state index contributed by atoms with van der Waals surface area (Å²) in [5, 5.41) is 8.21. The number of carbonyl (C=O) groups excluding carboxylic acids is 1. The maximum atomic E-state index is 13.0. The quantitative estimate of drug-likeness (QED) is 0.646. The van der Waals surface area contributed by atoms with Crippen molar-refractivity contribution in [2.45, 2.75) is 58.9 Å². The third-order valence-corrected chi connectivity index (χ3v) is 6.31. The van der Waals surface area contributed by atoms with Crippen molar-refractivity contribution < 1.29 is 4.79 Å². The summed E-state index contributed by atoms with van der Waals surface area (Å²) in [4.78, 5) is 30.6. The van der Waals surface area contributed by atoms with Gasteiger partial charge in [0.15, 0.2) is 0 Å². The fraction of sp³-hybridized carbons (Fsp3) is 0.500. The average molecular weight is 400 g/mol. The first kappa shape index (κ1) is 18.9. The molecule has 8 heteroatoms. The first-order valence-corrected chi connectivity index (χ1v) is 10.7. The molecule has 3 aromatic heterocycles. The Kier molecular flexibility index (Phi) is 5.30. The van der Waals surface area contributed by atoms with Crippen molar-refractivity contribution in [3.63, 3.8) is 0 Å². The highest BCUT2D eigenvalue weighted by Crippen LogP contribution is 2.20. The number of allylic oxidation sites excluding steroid dienone is 1. The number of carbonyl (C=O) groups is 1. The number of aryl methyl sites for hydroxylation is 2. The van der Waals surface area contributed by atoms with E-state index < -0.39 is 0 Å². The molecular formula is C20H25N5O2S. The molecule has 0 saturated heterocycles. The van der Waals surface area contributed by atoms with Gasteiger partial charge in [0.2, 0.25) is 10.9 Å². The Hall–Kier alpha value is -2.48. The van der Waals surface area contributed by atoms with Crippen molar-refractivity contribution in [3.8, 4) is 0 Å². The van der Waals surface area contributed by atoms with Crippen LogP contribution >= 0.6 is 11.3 Å². The third kappa shape index (κ3) is 3.61. The molecular weight excluding hydrogens is 374 g/mol. The first-order chi connectivity index (χ1) is 13.6. The minimum atomic E-state index is -0.218. The average Bonchev–Trinajstić information content (AvgIpc) is 3.24. The summed E-state index contributed by atoms with van der Waals surface area (Å²) in [5.41, 5.74) is 3.12. The van der Waals surface area contributed by atoms with Crippen LogP contribution in [0.5, 0.6) is 0 Å². The van der Waals surface area contributed by atoms with Crippen molar-refractivity contribution in [2.75, 3.05) is 6.54 Å². The molecule has 0 atom stereocenters. The van der Waals surface area contributed by atoms with Crippen molar-refractivity contribution in [2.24, 2.45) is 0 Å². The van der Waals surface area contributed by atoms with Gasteiger partial charge >= 0.3 is 0 Å². The molecule has 1 N–H and O–H groups in total. The monoisotopic (exact) mass is 399 g/mol. The highest BCUT2D eigenvalue weighted by Gasteiger charge is 2.17. The highest BCUT2D eigenvalue weighted by molar-refractivity contribution is 7.16. The number of nitrogens with zero attached hydrogens (tertiary/aromatic N) is 4. The summed E-state index contributed by atoms with van der Waals surface area (Å²) >= 11 is 1.43. The summed E-state index contributed by atoms with van der Waals surface area (Å²) in [7, 11) is 0. The van der Waals surface area contributed by atoms with E-state index in [-0.39, 0.29) is 18.0 Å². The largest absolute Gasteiger partial charge is 0.354 e. The van der Waals surface area contributed by atoms with Crippen LogP contribution in [0.4, 0.5) is 0 Å². The second-order valence-electron chi connectivity index (χ2n) is 7.27. The van der Waals surface area contributed by atoms with E-state index in [4.69, 9.17) is 0 Å². The minimum absolute atomic E-state index is 0.0889. The van der Waals surface area contributed by atoms with Gasteiger partial charge in [-0.15, -0.1) is 0 Å². The lowest BCUT2D eigenvalue weighted by Gasteiger charge is -2.13. The number of aromatic nitrogens is 4. The van der Waals surface area contributed by atoms with Gasteiger partial charge in [-0.05, 0) is 51.5 Å². The molecule has 28 heavy (non-hydrogen) atoms. The van der Waals surface area contributed by atoms with Gasteiger partial charge < -0.3 is 9.88 Å². The Morgan fingerprint density at radius 2 is 2.21 bits per heavy atom. The van der Waals surface area contributed by atoms with Crippen LogP contribution in [0, 0.1) is 6.92 Å². The predicted molar refractivity (Wildman–Crippen MR) is 111 cm³/mol. The van der Waals surface area contributed by atoms with E-state index in [0.717, 1.165) is 36.4 Å². The van der Waals surface area contributed by atoms with Gasteiger partial charge in [-0.2, -0.15) is 9.61 Å². The maximum absolute atomic E-state index is 13.0. The Morgan fingerprint density at radius 3 is 2.96 bits per heavy atom. The molecule has 148 valence electrons. The molecule has 0 radical (unpaired) electrons. The summed E-state index contributed by atoms with van der Waals surface area (Å²) < 4.78 is 3.10. The van der Waals surface area contributed by atoms with Crippen molar-refractivity contribution in [1.29, 1.82) is 0 Å². The Labute approximate surface area is 167 Å². The molecule has 0 bridgehead atoms. The van der Waals surface area contributed by atoms with E-state index in [1.807, 2.05) is 19.9 Å². The van der Waals surface area contributed by atoms with Gasteiger partial charge in [-0.1, -0.05) is 29.9 Å². The fourth-order valence-corrected chi connectivity index (χ4v) is 4.57. The molecule has 0 aromatic carbocycles. The van der Waals surface area contributed by atoms with Gasteiger partial charge in [0, 0.05) is 12.2 Å². The minimum Gasteiger partial charge on any atom is -0.354 e. The molecule has 0 fully saturated rings. The Balaban J connectivity index is 1.54. The molecule has 3 heterocycles. The van der Waals surface area contributed by atoms with Gasteiger partial charge in [0.05, 0.1) is 5.52 Å². The van der Waals surface area contributed by atoms with E-state index in [1.54, 1.807) is 4.57 Å². The predicted octanol–water partition coefficient (Wildman–Crippen LogP) is 2.98. The molecule has 7 nitrogen and oxygen atoms in total. The summed E-state index contributed by atoms with van der Waals surface area (Å²) in [5.74, 6) is -0.0889. The van der Waals surface area contributed by atoms with Crippen molar-refractivity contribution in [1.82, 2.24) is 24.5 Å². The highest BCUT2D eigenvalue weighted by atomic mass is 32.1. The number of amides is 1. The van der Waals surface area contributed by atoms with Gasteiger partial charge in [0.25, 0.3) is 5.56 Å². The number of hydrogen-bond acceptors (Lipinski definition) is 5. The van der Waals surface area contributed by atoms with E-state index in [9.17, 15) is 9.59 Å². The summed E-state index contributed by atoms with van der Waals surface area (Å²) in [6.45, 7) is 4.64. The zero-order valence-electron chi connectivity index (χ0n) is 16.3. The molecule has 1 aliphatic rings. The van der Waals surface area contributed by atoms with Gasteiger partial charge in [-0.25, -0.2) is 4.98 Å². The molecule has 0 unspecified atom stereocenters. The standard InChI is InChI=1S/C20H25N5O2S/c1-3-17-23-25-19(27)18-15(22-20(25)28-17)11-13(2)24(18)12-16(26)21-10-9-14-7-5-4-6-8-14/h7,11H,3-6,8-10,12H2,1-2H3,(H,21,26). The van der Waals surface area contributed by atoms with Crippen LogP contribution in [0.25, 0.3) is 16.0 Å². The zero-order chi connectivity index (χ0) is 19.7. The van der Waals surface area contributed by atoms with Crippen LogP contribution < -0.4 is 10.9 Å². The second-order valence-corrected chi connectivity index (χ2v) is 8.32. The van der Waals surface area contributed by atoms with E-state index in [2.05, 4.69) is 21.5 Å². The van der Waals surface area contributed by atoms with E-state index in [1.165, 1.54) is 34.3 Å². The molecule has 0 aliphatic heterocycles. The maximum Gasteiger partial charge on any atom is 0.299 e. The molecule has 4 rings (SSSR count). The fourth-order valence-electron chi connectivity index (χ4n) is 3.74. The SMILES string of the molecule is CCc1nn2c(=O)c3c(cc(C)n3CC(=O)NCCC3=CCCCC3)nc2s1. The normalized spacial score (nSPS) is 14.6. The van der Waals surface area contributed by atoms with Crippen molar-refractivity contribution >= 4 is 33.2 Å². The molecule has 1 amide bonds. The van der Waals surface area contributed by atoms with Crippen molar-refractivity contribution in [3.05, 3.63) is 38.8 Å². The summed E-state index contributed by atoms with van der Waals surface area (Å²) in [6, 6.07) is 1.86. The van der Waals surface area contributed by atoms with Gasteiger partial charge in [0.1, 0.15) is 17.1 Å². The topological polar surface area (TPSA) is 81.3 Å². The van der Waals surface area contributed by atoms with E-state index in [0.29, 0.717) is 22.5 Å². The number of rotatable bonds is 6. The number of nitrogens with one attached hydrogen (secondary N) is 1. The van der Waals surface area contributed by atoms with Gasteiger partial charge in [-0.3, -0.25) is 9.59 Å².